The van der Waals surface area contributed by atoms with Gasteiger partial charge in [0.05, 0.1) is 17.4 Å². The Morgan fingerprint density at radius 1 is 1.50 bits per heavy atom. The molecule has 1 fully saturated rings. The Kier molecular flexibility index (Phi) is 4.18. The van der Waals surface area contributed by atoms with E-state index in [4.69, 9.17) is 5.11 Å². The van der Waals surface area contributed by atoms with Crippen molar-refractivity contribution >= 4 is 11.7 Å². The molecule has 98 valence electrons. The maximum absolute atomic E-state index is 11.1. The first-order chi connectivity index (χ1) is 8.68. The number of nitrogens with one attached hydrogen (secondary N) is 1. The number of nitrogens with zero attached hydrogens (tertiary/aromatic N) is 1. The Morgan fingerprint density at radius 3 is 3.00 bits per heavy atom. The van der Waals surface area contributed by atoms with E-state index in [0.29, 0.717) is 17.2 Å². The van der Waals surface area contributed by atoms with E-state index in [1.807, 2.05) is 0 Å². The van der Waals surface area contributed by atoms with Gasteiger partial charge in [-0.25, -0.2) is 4.79 Å². The molecule has 1 aliphatic rings. The molecule has 2 unspecified atom stereocenters. The molecular formula is C14H20N2O2. The van der Waals surface area contributed by atoms with Gasteiger partial charge in [-0.3, -0.25) is 4.98 Å². The van der Waals surface area contributed by atoms with Crippen LogP contribution in [0.3, 0.4) is 0 Å². The van der Waals surface area contributed by atoms with E-state index in [1.165, 1.54) is 37.9 Å². The summed E-state index contributed by atoms with van der Waals surface area (Å²) in [5, 5.41) is 12.3. The summed E-state index contributed by atoms with van der Waals surface area (Å²) < 4.78 is 0. The molecule has 0 aromatic carbocycles. The number of pyridine rings is 1. The van der Waals surface area contributed by atoms with E-state index in [9.17, 15) is 4.79 Å². The molecule has 4 heteroatoms. The number of hydrogen-bond acceptors (Lipinski definition) is 3. The third-order valence-corrected chi connectivity index (χ3v) is 3.90. The van der Waals surface area contributed by atoms with Gasteiger partial charge in [-0.2, -0.15) is 0 Å². The predicted molar refractivity (Wildman–Crippen MR) is 70.8 cm³/mol. The quantitative estimate of drug-likeness (QED) is 0.859. The first-order valence-electron chi connectivity index (χ1n) is 6.59. The minimum atomic E-state index is -0.906. The first-order valence-corrected chi connectivity index (χ1v) is 6.59. The normalized spacial score (nSPS) is 23.6. The molecular weight excluding hydrogens is 228 g/mol. The van der Waals surface area contributed by atoms with Gasteiger partial charge in [-0.1, -0.05) is 26.2 Å². The highest BCUT2D eigenvalue weighted by atomic mass is 16.4. The van der Waals surface area contributed by atoms with E-state index in [0.717, 1.165) is 12.5 Å². The molecule has 0 radical (unpaired) electrons. The van der Waals surface area contributed by atoms with Crippen molar-refractivity contribution in [2.45, 2.75) is 32.6 Å². The molecule has 1 saturated carbocycles. The third kappa shape index (κ3) is 3.00. The second kappa shape index (κ2) is 5.85. The molecule has 2 N–H and O–H groups in total. The zero-order valence-corrected chi connectivity index (χ0v) is 10.7. The monoisotopic (exact) mass is 248 g/mol. The number of anilines is 1. The van der Waals surface area contributed by atoms with Gasteiger partial charge in [-0.15, -0.1) is 0 Å². The zero-order valence-electron chi connectivity index (χ0n) is 10.7. The summed E-state index contributed by atoms with van der Waals surface area (Å²) in [6, 6.07) is 1.54. The van der Waals surface area contributed by atoms with Crippen LogP contribution < -0.4 is 5.32 Å². The van der Waals surface area contributed by atoms with Crippen molar-refractivity contribution < 1.29 is 9.90 Å². The number of aromatic carboxylic acids is 1. The van der Waals surface area contributed by atoms with Gasteiger partial charge in [0.1, 0.15) is 0 Å². The summed E-state index contributed by atoms with van der Waals surface area (Å²) in [6.07, 6.45) is 8.23. The van der Waals surface area contributed by atoms with Gasteiger partial charge in [0, 0.05) is 12.7 Å². The maximum Gasteiger partial charge on any atom is 0.337 e. The maximum atomic E-state index is 11.1. The van der Waals surface area contributed by atoms with Crippen LogP contribution in [-0.4, -0.2) is 22.6 Å². The number of aromatic nitrogens is 1. The average Bonchev–Trinajstić information content (AvgIpc) is 2.38. The lowest BCUT2D eigenvalue weighted by atomic mass is 9.80. The number of rotatable bonds is 4. The van der Waals surface area contributed by atoms with Crippen LogP contribution in [0.2, 0.25) is 0 Å². The third-order valence-electron chi connectivity index (χ3n) is 3.90. The second-order valence-corrected chi connectivity index (χ2v) is 5.13. The summed E-state index contributed by atoms with van der Waals surface area (Å²) in [5.74, 6) is 0.452. The Hall–Kier alpha value is -1.58. The number of carboxylic acid groups (broad SMARTS) is 1. The summed E-state index contributed by atoms with van der Waals surface area (Å²) in [4.78, 5) is 15.1. The minimum Gasteiger partial charge on any atom is -0.478 e. The first kappa shape index (κ1) is 12.9. The molecule has 0 amide bonds. The standard InChI is InChI=1S/C14H20N2O2/c1-10-4-2-3-5-11(10)8-16-13-9-15-7-6-12(13)14(17)18/h6-7,9-11,16H,2-5,8H2,1H3,(H,17,18). The van der Waals surface area contributed by atoms with Crippen LogP contribution in [0.5, 0.6) is 0 Å². The molecule has 1 aliphatic carbocycles. The van der Waals surface area contributed by atoms with Crippen molar-refractivity contribution in [3.05, 3.63) is 24.0 Å². The molecule has 18 heavy (non-hydrogen) atoms. The van der Waals surface area contributed by atoms with Gasteiger partial charge in [-0.05, 0) is 24.3 Å². The molecule has 1 aromatic heterocycles. The second-order valence-electron chi connectivity index (χ2n) is 5.13. The number of carboxylic acids is 1. The topological polar surface area (TPSA) is 62.2 Å². The van der Waals surface area contributed by atoms with E-state index >= 15 is 0 Å². The summed E-state index contributed by atoms with van der Waals surface area (Å²) in [5.41, 5.74) is 0.927. The van der Waals surface area contributed by atoms with E-state index in [1.54, 1.807) is 6.20 Å². The molecule has 1 heterocycles. The average molecular weight is 248 g/mol. The summed E-state index contributed by atoms with van der Waals surface area (Å²) >= 11 is 0. The fourth-order valence-electron chi connectivity index (χ4n) is 2.66. The summed E-state index contributed by atoms with van der Waals surface area (Å²) in [7, 11) is 0. The van der Waals surface area contributed by atoms with E-state index in [-0.39, 0.29) is 0 Å². The van der Waals surface area contributed by atoms with Gasteiger partial charge in [0.15, 0.2) is 0 Å². The molecule has 0 saturated heterocycles. The molecule has 0 spiro atoms. The molecule has 2 rings (SSSR count). The van der Waals surface area contributed by atoms with Crippen molar-refractivity contribution in [1.82, 2.24) is 4.98 Å². The van der Waals surface area contributed by atoms with Gasteiger partial charge in [0.2, 0.25) is 0 Å². The Balaban J connectivity index is 1.99. The van der Waals surface area contributed by atoms with Gasteiger partial charge < -0.3 is 10.4 Å². The molecule has 0 aliphatic heterocycles. The predicted octanol–water partition coefficient (Wildman–Crippen LogP) is 3.02. The van der Waals surface area contributed by atoms with Crippen LogP contribution >= 0.6 is 0 Å². The highest BCUT2D eigenvalue weighted by molar-refractivity contribution is 5.93. The zero-order chi connectivity index (χ0) is 13.0. The van der Waals surface area contributed by atoms with Crippen LogP contribution in [-0.2, 0) is 0 Å². The van der Waals surface area contributed by atoms with Crippen molar-refractivity contribution in [1.29, 1.82) is 0 Å². The fraction of sp³-hybridized carbons (Fsp3) is 0.571. The Labute approximate surface area is 107 Å². The lowest BCUT2D eigenvalue weighted by Crippen LogP contribution is -2.25. The fourth-order valence-corrected chi connectivity index (χ4v) is 2.66. The number of carbonyl (C=O) groups is 1. The molecule has 0 bridgehead atoms. The van der Waals surface area contributed by atoms with Crippen LogP contribution in [0.15, 0.2) is 18.5 Å². The highest BCUT2D eigenvalue weighted by Gasteiger charge is 2.21. The van der Waals surface area contributed by atoms with Crippen molar-refractivity contribution in [2.24, 2.45) is 11.8 Å². The van der Waals surface area contributed by atoms with Crippen LogP contribution in [0.25, 0.3) is 0 Å². The highest BCUT2D eigenvalue weighted by Crippen LogP contribution is 2.29. The smallest absolute Gasteiger partial charge is 0.337 e. The van der Waals surface area contributed by atoms with Crippen molar-refractivity contribution in [3.63, 3.8) is 0 Å². The SMILES string of the molecule is CC1CCCCC1CNc1cnccc1C(=O)O. The minimum absolute atomic E-state index is 0.300. The van der Waals surface area contributed by atoms with Crippen LogP contribution in [0.1, 0.15) is 43.0 Å². The van der Waals surface area contributed by atoms with Gasteiger partial charge >= 0.3 is 5.97 Å². The van der Waals surface area contributed by atoms with Crippen LogP contribution in [0, 0.1) is 11.8 Å². The van der Waals surface area contributed by atoms with E-state index in [2.05, 4.69) is 17.2 Å². The van der Waals surface area contributed by atoms with Gasteiger partial charge in [0.25, 0.3) is 0 Å². The molecule has 4 nitrogen and oxygen atoms in total. The van der Waals surface area contributed by atoms with Crippen molar-refractivity contribution in [3.8, 4) is 0 Å². The van der Waals surface area contributed by atoms with Crippen LogP contribution in [0.4, 0.5) is 5.69 Å². The van der Waals surface area contributed by atoms with E-state index < -0.39 is 5.97 Å². The Morgan fingerprint density at radius 2 is 2.28 bits per heavy atom. The molecule has 2 atom stereocenters. The molecule has 1 aromatic rings. The van der Waals surface area contributed by atoms with Crippen molar-refractivity contribution in [2.75, 3.05) is 11.9 Å². The largest absolute Gasteiger partial charge is 0.478 e. The Bertz CT molecular complexity index is 420. The summed E-state index contributed by atoms with van der Waals surface area (Å²) in [6.45, 7) is 3.12. The number of hydrogen-bond donors (Lipinski definition) is 2. The lowest BCUT2D eigenvalue weighted by Gasteiger charge is -2.29. The lowest BCUT2D eigenvalue weighted by molar-refractivity contribution is 0.0697.